The zero-order valence-corrected chi connectivity index (χ0v) is 9.21. The third-order valence-corrected chi connectivity index (χ3v) is 2.72. The summed E-state index contributed by atoms with van der Waals surface area (Å²) in [6.07, 6.45) is 5.22. The zero-order chi connectivity index (χ0) is 10.9. The fraction of sp³-hybridized carbons (Fsp3) is 0.909. The summed E-state index contributed by atoms with van der Waals surface area (Å²) < 4.78 is 5.08. The minimum Gasteiger partial charge on any atom is -0.394 e. The zero-order valence-electron chi connectivity index (χ0n) is 9.21. The Balaban J connectivity index is 1.83. The fourth-order valence-corrected chi connectivity index (χ4v) is 1.60. The van der Waals surface area contributed by atoms with Crippen molar-refractivity contribution in [3.05, 3.63) is 0 Å². The first-order chi connectivity index (χ1) is 7.33. The second kappa shape index (κ2) is 7.65. The highest BCUT2D eigenvalue weighted by Crippen LogP contribution is 2.28. The molecular formula is C11H21NO3. The van der Waals surface area contributed by atoms with Crippen LogP contribution in [0, 0.1) is 5.92 Å². The molecule has 0 saturated heterocycles. The molecule has 0 atom stereocenters. The average Bonchev–Trinajstić information content (AvgIpc) is 2.17. The Morgan fingerprint density at radius 2 is 2.20 bits per heavy atom. The quantitative estimate of drug-likeness (QED) is 0.586. The van der Waals surface area contributed by atoms with E-state index in [-0.39, 0.29) is 12.5 Å². The molecule has 0 aromatic carbocycles. The summed E-state index contributed by atoms with van der Waals surface area (Å²) in [7, 11) is 0. The molecule has 4 nitrogen and oxygen atoms in total. The lowest BCUT2D eigenvalue weighted by atomic mass is 9.83. The molecule has 0 aromatic heterocycles. The van der Waals surface area contributed by atoms with Gasteiger partial charge in [-0.1, -0.05) is 6.42 Å². The van der Waals surface area contributed by atoms with E-state index in [1.807, 2.05) is 0 Å². The van der Waals surface area contributed by atoms with Gasteiger partial charge in [0.15, 0.2) is 0 Å². The maximum absolute atomic E-state index is 11.3. The standard InChI is InChI=1S/C11H21NO3/c13-6-8-15-7-2-5-12-11(14)9-10-3-1-4-10/h10,13H,1-9H2,(H,12,14). The van der Waals surface area contributed by atoms with Gasteiger partial charge in [-0.3, -0.25) is 4.79 Å². The summed E-state index contributed by atoms with van der Waals surface area (Å²) in [5, 5.41) is 11.3. The molecule has 1 amide bonds. The Morgan fingerprint density at radius 1 is 1.40 bits per heavy atom. The lowest BCUT2D eigenvalue weighted by Crippen LogP contribution is -2.29. The van der Waals surface area contributed by atoms with Crippen molar-refractivity contribution in [3.8, 4) is 0 Å². The number of ether oxygens (including phenoxy) is 1. The van der Waals surface area contributed by atoms with Crippen LogP contribution in [0.15, 0.2) is 0 Å². The molecule has 1 aliphatic rings. The van der Waals surface area contributed by atoms with Gasteiger partial charge in [-0.15, -0.1) is 0 Å². The Hall–Kier alpha value is -0.610. The molecule has 1 rings (SSSR count). The third kappa shape index (κ3) is 5.74. The molecule has 0 aliphatic heterocycles. The normalized spacial score (nSPS) is 16.1. The summed E-state index contributed by atoms with van der Waals surface area (Å²) in [6.45, 7) is 1.73. The Kier molecular flexibility index (Phi) is 6.36. The molecule has 15 heavy (non-hydrogen) atoms. The highest BCUT2D eigenvalue weighted by molar-refractivity contribution is 5.76. The minimum atomic E-state index is 0.0635. The van der Waals surface area contributed by atoms with E-state index in [9.17, 15) is 4.79 Å². The number of aliphatic hydroxyl groups excluding tert-OH is 1. The van der Waals surface area contributed by atoms with Crippen LogP contribution in [0.4, 0.5) is 0 Å². The number of hydrogen-bond donors (Lipinski definition) is 2. The highest BCUT2D eigenvalue weighted by atomic mass is 16.5. The van der Waals surface area contributed by atoms with Crippen LogP contribution < -0.4 is 5.32 Å². The number of hydrogen-bond acceptors (Lipinski definition) is 3. The van der Waals surface area contributed by atoms with E-state index < -0.39 is 0 Å². The lowest BCUT2D eigenvalue weighted by molar-refractivity contribution is -0.122. The molecule has 0 unspecified atom stereocenters. The first-order valence-corrected chi connectivity index (χ1v) is 5.78. The van der Waals surface area contributed by atoms with Gasteiger partial charge in [0, 0.05) is 19.6 Å². The van der Waals surface area contributed by atoms with Crippen molar-refractivity contribution >= 4 is 5.91 Å². The number of carbonyl (C=O) groups is 1. The molecule has 0 aromatic rings. The average molecular weight is 215 g/mol. The van der Waals surface area contributed by atoms with E-state index >= 15 is 0 Å². The molecule has 1 saturated carbocycles. The van der Waals surface area contributed by atoms with E-state index in [4.69, 9.17) is 9.84 Å². The number of rotatable bonds is 8. The lowest BCUT2D eigenvalue weighted by Gasteiger charge is -2.24. The summed E-state index contributed by atoms with van der Waals surface area (Å²) in [5.74, 6) is 0.803. The number of amides is 1. The molecule has 1 fully saturated rings. The van der Waals surface area contributed by atoms with Crippen molar-refractivity contribution < 1.29 is 14.6 Å². The molecule has 2 N–H and O–H groups in total. The first kappa shape index (κ1) is 12.5. The third-order valence-electron chi connectivity index (χ3n) is 2.72. The SMILES string of the molecule is O=C(CC1CCC1)NCCCOCCO. The van der Waals surface area contributed by atoms with Crippen LogP contribution in [0.1, 0.15) is 32.1 Å². The second-order valence-electron chi connectivity index (χ2n) is 4.04. The van der Waals surface area contributed by atoms with E-state index in [2.05, 4.69) is 5.32 Å². The van der Waals surface area contributed by atoms with Crippen LogP contribution in [0.5, 0.6) is 0 Å². The monoisotopic (exact) mass is 215 g/mol. The summed E-state index contributed by atoms with van der Waals surface area (Å²) >= 11 is 0. The van der Waals surface area contributed by atoms with E-state index in [1.165, 1.54) is 19.3 Å². The Labute approximate surface area is 91.0 Å². The van der Waals surface area contributed by atoms with Crippen LogP contribution in [-0.2, 0) is 9.53 Å². The molecule has 0 bridgehead atoms. The number of nitrogens with one attached hydrogen (secondary N) is 1. The molecule has 0 spiro atoms. The van der Waals surface area contributed by atoms with Gasteiger partial charge in [-0.2, -0.15) is 0 Å². The van der Waals surface area contributed by atoms with Gasteiger partial charge >= 0.3 is 0 Å². The van der Waals surface area contributed by atoms with Gasteiger partial charge in [0.05, 0.1) is 13.2 Å². The van der Waals surface area contributed by atoms with Crippen molar-refractivity contribution in [2.45, 2.75) is 32.1 Å². The largest absolute Gasteiger partial charge is 0.394 e. The maximum atomic E-state index is 11.3. The minimum absolute atomic E-state index is 0.0635. The van der Waals surface area contributed by atoms with Crippen LogP contribution in [0.2, 0.25) is 0 Å². The number of aliphatic hydroxyl groups is 1. The van der Waals surface area contributed by atoms with Gasteiger partial charge in [0.1, 0.15) is 0 Å². The van der Waals surface area contributed by atoms with Crippen LogP contribution in [0.3, 0.4) is 0 Å². The summed E-state index contributed by atoms with van der Waals surface area (Å²) in [4.78, 5) is 11.3. The maximum Gasteiger partial charge on any atom is 0.220 e. The Bertz CT molecular complexity index is 181. The van der Waals surface area contributed by atoms with Crippen molar-refractivity contribution in [2.24, 2.45) is 5.92 Å². The van der Waals surface area contributed by atoms with Crippen LogP contribution in [0.25, 0.3) is 0 Å². The smallest absolute Gasteiger partial charge is 0.220 e. The van der Waals surface area contributed by atoms with Crippen LogP contribution in [-0.4, -0.2) is 37.4 Å². The first-order valence-electron chi connectivity index (χ1n) is 5.78. The summed E-state index contributed by atoms with van der Waals surface area (Å²) in [5.41, 5.74) is 0. The molecule has 4 heteroatoms. The van der Waals surface area contributed by atoms with Gasteiger partial charge in [-0.25, -0.2) is 0 Å². The van der Waals surface area contributed by atoms with Crippen molar-refractivity contribution in [3.63, 3.8) is 0 Å². The van der Waals surface area contributed by atoms with Crippen molar-refractivity contribution in [1.29, 1.82) is 0 Å². The predicted molar refractivity (Wildman–Crippen MR) is 57.5 cm³/mol. The molecule has 1 aliphatic carbocycles. The molecule has 0 heterocycles. The fourth-order valence-electron chi connectivity index (χ4n) is 1.60. The van der Waals surface area contributed by atoms with E-state index in [0.29, 0.717) is 32.1 Å². The molecular weight excluding hydrogens is 194 g/mol. The second-order valence-corrected chi connectivity index (χ2v) is 4.04. The Morgan fingerprint density at radius 3 is 2.80 bits per heavy atom. The van der Waals surface area contributed by atoms with Gasteiger partial charge < -0.3 is 15.2 Å². The topological polar surface area (TPSA) is 58.6 Å². The van der Waals surface area contributed by atoms with Crippen LogP contribution >= 0.6 is 0 Å². The van der Waals surface area contributed by atoms with Crippen molar-refractivity contribution in [2.75, 3.05) is 26.4 Å². The predicted octanol–water partition coefficient (Wildman–Crippen LogP) is 0.692. The van der Waals surface area contributed by atoms with E-state index in [0.717, 1.165) is 6.42 Å². The van der Waals surface area contributed by atoms with Gasteiger partial charge in [0.2, 0.25) is 5.91 Å². The van der Waals surface area contributed by atoms with Gasteiger partial charge in [0.25, 0.3) is 0 Å². The van der Waals surface area contributed by atoms with E-state index in [1.54, 1.807) is 0 Å². The highest BCUT2D eigenvalue weighted by Gasteiger charge is 2.19. The summed E-state index contributed by atoms with van der Waals surface area (Å²) in [6, 6.07) is 0. The number of carbonyl (C=O) groups excluding carboxylic acids is 1. The van der Waals surface area contributed by atoms with Crippen molar-refractivity contribution in [1.82, 2.24) is 5.32 Å². The molecule has 88 valence electrons. The molecule has 0 radical (unpaired) electrons. The van der Waals surface area contributed by atoms with Gasteiger partial charge in [-0.05, 0) is 25.2 Å².